The molecule has 0 atom stereocenters. The second kappa shape index (κ2) is 4.95. The molecule has 0 fully saturated rings. The van der Waals surface area contributed by atoms with Gasteiger partial charge in [-0.15, -0.1) is 0 Å². The van der Waals surface area contributed by atoms with Crippen LogP contribution in [0.2, 0.25) is 0 Å². The molecule has 0 aliphatic heterocycles. The van der Waals surface area contributed by atoms with Crippen LogP contribution in [0.3, 0.4) is 0 Å². The van der Waals surface area contributed by atoms with Crippen molar-refractivity contribution in [2.45, 2.75) is 6.42 Å². The van der Waals surface area contributed by atoms with E-state index in [-0.39, 0.29) is 12.0 Å². The Balaban J connectivity index is 2.86. The van der Waals surface area contributed by atoms with Gasteiger partial charge in [0, 0.05) is 18.1 Å². The third kappa shape index (κ3) is 3.64. The molecule has 0 saturated carbocycles. The summed E-state index contributed by atoms with van der Waals surface area (Å²) in [6.07, 6.45) is 0.831. The van der Waals surface area contributed by atoms with E-state index in [1.165, 1.54) is 0 Å². The summed E-state index contributed by atoms with van der Waals surface area (Å²) in [4.78, 5) is 21.1. The van der Waals surface area contributed by atoms with Crippen molar-refractivity contribution in [2.75, 3.05) is 0 Å². The Kier molecular flexibility index (Phi) is 3.62. The first-order valence-corrected chi connectivity index (χ1v) is 4.30. The minimum atomic E-state index is -1.25. The molecule has 0 aliphatic carbocycles. The van der Waals surface area contributed by atoms with Crippen molar-refractivity contribution in [1.29, 1.82) is 0 Å². The number of hydrogen-bond donors (Lipinski definition) is 2. The van der Waals surface area contributed by atoms with Crippen molar-refractivity contribution in [3.8, 4) is 0 Å². The van der Waals surface area contributed by atoms with Crippen LogP contribution < -0.4 is 0 Å². The van der Waals surface area contributed by atoms with Crippen molar-refractivity contribution < 1.29 is 19.8 Å². The molecule has 0 unspecified atom stereocenters. The molecule has 1 aromatic carbocycles. The summed E-state index contributed by atoms with van der Waals surface area (Å²) >= 11 is 0. The first-order chi connectivity index (χ1) is 7.09. The van der Waals surface area contributed by atoms with Gasteiger partial charge in [0.2, 0.25) is 0 Å². The lowest BCUT2D eigenvalue weighted by Gasteiger charge is -2.01. The molecular formula is C11H10O4. The average Bonchev–Trinajstić information content (AvgIpc) is 2.17. The summed E-state index contributed by atoms with van der Waals surface area (Å²) in [7, 11) is 0. The van der Waals surface area contributed by atoms with Crippen LogP contribution in [0.15, 0.2) is 42.0 Å². The first kappa shape index (κ1) is 11.0. The lowest BCUT2D eigenvalue weighted by atomic mass is 10.1. The van der Waals surface area contributed by atoms with Gasteiger partial charge in [-0.25, -0.2) is 9.59 Å². The Bertz CT molecular complexity index is 392. The van der Waals surface area contributed by atoms with Gasteiger partial charge < -0.3 is 10.2 Å². The molecule has 0 aliphatic rings. The molecule has 1 rings (SSSR count). The smallest absolute Gasteiger partial charge is 0.332 e. The number of aliphatic carboxylic acids is 2. The number of hydrogen-bond acceptors (Lipinski definition) is 2. The standard InChI is InChI=1S/C11H10O4/c12-10(13)7-9(11(14)15)6-8-4-2-1-3-5-8/h1-5,7H,6H2,(H,12,13)(H,14,15)/b9-7-. The fourth-order valence-corrected chi connectivity index (χ4v) is 1.15. The van der Waals surface area contributed by atoms with Crippen molar-refractivity contribution >= 4 is 11.9 Å². The maximum absolute atomic E-state index is 10.7. The van der Waals surface area contributed by atoms with Crippen LogP contribution in [0.1, 0.15) is 5.56 Å². The van der Waals surface area contributed by atoms with Crippen molar-refractivity contribution in [3.63, 3.8) is 0 Å². The van der Waals surface area contributed by atoms with Gasteiger partial charge in [0.05, 0.1) is 0 Å². The molecule has 2 N–H and O–H groups in total. The van der Waals surface area contributed by atoms with Crippen molar-refractivity contribution in [2.24, 2.45) is 0 Å². The summed E-state index contributed by atoms with van der Waals surface area (Å²) in [5.74, 6) is -2.45. The maximum Gasteiger partial charge on any atom is 0.332 e. The molecule has 0 aromatic heterocycles. The highest BCUT2D eigenvalue weighted by atomic mass is 16.4. The Hall–Kier alpha value is -2.10. The Morgan fingerprint density at radius 3 is 2.20 bits per heavy atom. The monoisotopic (exact) mass is 206 g/mol. The number of carboxylic acids is 2. The molecule has 0 heterocycles. The van der Waals surface area contributed by atoms with Gasteiger partial charge in [-0.1, -0.05) is 30.3 Å². The Morgan fingerprint density at radius 1 is 1.13 bits per heavy atom. The SMILES string of the molecule is O=C(O)/C=C(/Cc1ccccc1)C(=O)O. The van der Waals surface area contributed by atoms with Gasteiger partial charge in [-0.2, -0.15) is 0 Å². The topological polar surface area (TPSA) is 74.6 Å². The van der Waals surface area contributed by atoms with Crippen LogP contribution in [0.4, 0.5) is 0 Å². The average molecular weight is 206 g/mol. The van der Waals surface area contributed by atoms with E-state index in [0.29, 0.717) is 0 Å². The van der Waals surface area contributed by atoms with E-state index in [2.05, 4.69) is 0 Å². The lowest BCUT2D eigenvalue weighted by Crippen LogP contribution is -2.06. The molecule has 0 bridgehead atoms. The summed E-state index contributed by atoms with van der Waals surface area (Å²) < 4.78 is 0. The fraction of sp³-hybridized carbons (Fsp3) is 0.0909. The lowest BCUT2D eigenvalue weighted by molar-refractivity contribution is -0.135. The molecule has 0 radical (unpaired) electrons. The Labute approximate surface area is 86.5 Å². The zero-order valence-electron chi connectivity index (χ0n) is 7.88. The number of rotatable bonds is 4. The maximum atomic E-state index is 10.7. The molecule has 1 aromatic rings. The second-order valence-electron chi connectivity index (χ2n) is 2.98. The second-order valence-corrected chi connectivity index (χ2v) is 2.98. The molecule has 0 amide bonds. The van der Waals surface area contributed by atoms with Gasteiger partial charge >= 0.3 is 11.9 Å². The van der Waals surface area contributed by atoms with Gasteiger partial charge in [0.25, 0.3) is 0 Å². The predicted octanol–water partition coefficient (Wildman–Crippen LogP) is 1.32. The summed E-state index contributed by atoms with van der Waals surface area (Å²) in [5.41, 5.74) is 0.640. The Morgan fingerprint density at radius 2 is 1.73 bits per heavy atom. The summed E-state index contributed by atoms with van der Waals surface area (Å²) in [5, 5.41) is 17.2. The van der Waals surface area contributed by atoms with E-state index < -0.39 is 11.9 Å². The molecule has 15 heavy (non-hydrogen) atoms. The zero-order valence-corrected chi connectivity index (χ0v) is 7.88. The predicted molar refractivity (Wildman–Crippen MR) is 53.5 cm³/mol. The quantitative estimate of drug-likeness (QED) is 0.728. The van der Waals surface area contributed by atoms with Crippen LogP contribution in [0.25, 0.3) is 0 Å². The van der Waals surface area contributed by atoms with E-state index in [9.17, 15) is 9.59 Å². The fourth-order valence-electron chi connectivity index (χ4n) is 1.15. The van der Waals surface area contributed by atoms with Gasteiger partial charge in [-0.3, -0.25) is 0 Å². The highest BCUT2D eigenvalue weighted by molar-refractivity contribution is 5.94. The van der Waals surface area contributed by atoms with Gasteiger partial charge in [0.1, 0.15) is 0 Å². The van der Waals surface area contributed by atoms with E-state index >= 15 is 0 Å². The van der Waals surface area contributed by atoms with E-state index in [1.807, 2.05) is 6.07 Å². The van der Waals surface area contributed by atoms with Crippen LogP contribution in [-0.2, 0) is 16.0 Å². The third-order valence-corrected chi connectivity index (χ3v) is 1.81. The minimum Gasteiger partial charge on any atom is -0.478 e. The number of benzene rings is 1. The van der Waals surface area contributed by atoms with Crippen LogP contribution in [-0.4, -0.2) is 22.2 Å². The van der Waals surface area contributed by atoms with E-state index in [4.69, 9.17) is 10.2 Å². The molecule has 4 heteroatoms. The van der Waals surface area contributed by atoms with E-state index in [0.717, 1.165) is 11.6 Å². The molecular weight excluding hydrogens is 196 g/mol. The summed E-state index contributed by atoms with van der Waals surface area (Å²) in [6, 6.07) is 8.85. The van der Waals surface area contributed by atoms with Crippen LogP contribution in [0, 0.1) is 0 Å². The highest BCUT2D eigenvalue weighted by Crippen LogP contribution is 2.07. The molecule has 0 spiro atoms. The molecule has 4 nitrogen and oxygen atoms in total. The van der Waals surface area contributed by atoms with E-state index in [1.54, 1.807) is 24.3 Å². The van der Waals surface area contributed by atoms with Crippen LogP contribution in [0.5, 0.6) is 0 Å². The zero-order chi connectivity index (χ0) is 11.3. The molecule has 78 valence electrons. The minimum absolute atomic E-state index is 0.114. The first-order valence-electron chi connectivity index (χ1n) is 4.30. The highest BCUT2D eigenvalue weighted by Gasteiger charge is 2.09. The summed E-state index contributed by atoms with van der Waals surface area (Å²) in [6.45, 7) is 0. The van der Waals surface area contributed by atoms with Crippen molar-refractivity contribution in [1.82, 2.24) is 0 Å². The third-order valence-electron chi connectivity index (χ3n) is 1.81. The normalized spacial score (nSPS) is 11.1. The largest absolute Gasteiger partial charge is 0.478 e. The van der Waals surface area contributed by atoms with Crippen LogP contribution >= 0.6 is 0 Å². The van der Waals surface area contributed by atoms with Crippen molar-refractivity contribution in [3.05, 3.63) is 47.5 Å². The number of carbonyl (C=O) groups is 2. The molecule has 0 saturated heterocycles. The van der Waals surface area contributed by atoms with Gasteiger partial charge in [-0.05, 0) is 5.56 Å². The van der Waals surface area contributed by atoms with Gasteiger partial charge in [0.15, 0.2) is 0 Å². The number of carboxylic acid groups (broad SMARTS) is 2.